The Balaban J connectivity index is 2.01. The minimum Gasteiger partial charge on any atom is -0.299 e. The average Bonchev–Trinajstić information content (AvgIpc) is 2.45. The molecule has 1 aromatic rings. The maximum Gasteiger partial charge on any atom is 0.124 e. The minimum atomic E-state index is -0.390. The third kappa shape index (κ3) is 3.97. The Kier molecular flexibility index (Phi) is 5.45. The molecule has 0 amide bonds. The molecule has 2 unspecified atom stereocenters. The van der Waals surface area contributed by atoms with Crippen LogP contribution in [0.3, 0.4) is 0 Å². The first-order valence-corrected chi connectivity index (χ1v) is 8.14. The van der Waals surface area contributed by atoms with Gasteiger partial charge in [-0.05, 0) is 56.8 Å². The van der Waals surface area contributed by atoms with Crippen LogP contribution in [0.1, 0.15) is 39.0 Å². The fourth-order valence-corrected chi connectivity index (χ4v) is 4.10. The smallest absolute Gasteiger partial charge is 0.124 e. The highest BCUT2D eigenvalue weighted by atomic mass is 32.2. The first-order valence-electron chi connectivity index (χ1n) is 7.26. The molecule has 0 spiro atoms. The molecule has 0 radical (unpaired) electrons. The summed E-state index contributed by atoms with van der Waals surface area (Å²) in [5.74, 6) is -0.193. The second-order valence-corrected chi connectivity index (χ2v) is 6.79. The monoisotopic (exact) mass is 292 g/mol. The molecule has 1 N–H and O–H groups in total. The van der Waals surface area contributed by atoms with E-state index in [4.69, 9.17) is 0 Å². The molecule has 1 aromatic carbocycles. The third-order valence-corrected chi connectivity index (χ3v) is 4.99. The van der Waals surface area contributed by atoms with Crippen LogP contribution in [0, 0.1) is 17.1 Å². The molecule has 0 saturated heterocycles. The molecule has 1 aliphatic rings. The highest BCUT2D eigenvalue weighted by Gasteiger charge is 2.36. The van der Waals surface area contributed by atoms with Crippen LogP contribution < -0.4 is 5.32 Å². The Morgan fingerprint density at radius 1 is 1.55 bits per heavy atom. The van der Waals surface area contributed by atoms with Gasteiger partial charge in [0, 0.05) is 10.1 Å². The molecule has 0 bridgehead atoms. The molecule has 1 fully saturated rings. The minimum absolute atomic E-state index is 0.193. The molecule has 4 heteroatoms. The largest absolute Gasteiger partial charge is 0.299 e. The van der Waals surface area contributed by atoms with Crippen molar-refractivity contribution in [2.45, 2.75) is 54.7 Å². The van der Waals surface area contributed by atoms with Crippen molar-refractivity contribution >= 4 is 11.8 Å². The zero-order chi connectivity index (χ0) is 14.4. The summed E-state index contributed by atoms with van der Waals surface area (Å²) in [6, 6.07) is 9.21. The summed E-state index contributed by atoms with van der Waals surface area (Å²) in [5, 5.41) is 13.3. The van der Waals surface area contributed by atoms with E-state index in [-0.39, 0.29) is 11.4 Å². The Morgan fingerprint density at radius 2 is 2.40 bits per heavy atom. The van der Waals surface area contributed by atoms with Gasteiger partial charge in [0.15, 0.2) is 0 Å². The number of nitriles is 1. The quantitative estimate of drug-likeness (QED) is 0.886. The molecule has 1 aliphatic carbocycles. The van der Waals surface area contributed by atoms with Gasteiger partial charge in [-0.2, -0.15) is 5.26 Å². The van der Waals surface area contributed by atoms with Crippen LogP contribution in [-0.2, 0) is 0 Å². The van der Waals surface area contributed by atoms with E-state index < -0.39 is 0 Å². The van der Waals surface area contributed by atoms with Crippen LogP contribution in [0.25, 0.3) is 0 Å². The van der Waals surface area contributed by atoms with E-state index in [1.807, 2.05) is 6.07 Å². The standard InChI is InChI=1S/C16H21FN2S/c1-2-9-19-16(12-18)8-4-7-15(11-16)20-14-6-3-5-13(17)10-14/h3,5-6,10,15,19H,2,4,7-9,11H2,1H3. The lowest BCUT2D eigenvalue weighted by Gasteiger charge is -2.36. The third-order valence-electron chi connectivity index (χ3n) is 3.73. The predicted octanol–water partition coefficient (Wildman–Crippen LogP) is 4.12. The van der Waals surface area contributed by atoms with Crippen molar-refractivity contribution in [1.29, 1.82) is 5.26 Å². The molecule has 2 atom stereocenters. The molecule has 108 valence electrons. The van der Waals surface area contributed by atoms with E-state index >= 15 is 0 Å². The fraction of sp³-hybridized carbons (Fsp3) is 0.562. The van der Waals surface area contributed by atoms with Gasteiger partial charge in [0.05, 0.1) is 6.07 Å². The summed E-state index contributed by atoms with van der Waals surface area (Å²) in [7, 11) is 0. The van der Waals surface area contributed by atoms with Gasteiger partial charge < -0.3 is 0 Å². The van der Waals surface area contributed by atoms with Gasteiger partial charge in [-0.1, -0.05) is 13.0 Å². The average molecular weight is 292 g/mol. The van der Waals surface area contributed by atoms with E-state index in [1.165, 1.54) is 6.07 Å². The van der Waals surface area contributed by atoms with Crippen molar-refractivity contribution in [1.82, 2.24) is 5.32 Å². The summed E-state index contributed by atoms with van der Waals surface area (Å²) in [6.07, 6.45) is 4.94. The van der Waals surface area contributed by atoms with Gasteiger partial charge in [-0.25, -0.2) is 4.39 Å². The highest BCUT2D eigenvalue weighted by Crippen LogP contribution is 2.38. The summed E-state index contributed by atoms with van der Waals surface area (Å²) in [5.41, 5.74) is -0.390. The van der Waals surface area contributed by atoms with E-state index in [2.05, 4.69) is 18.3 Å². The number of benzene rings is 1. The number of rotatable bonds is 5. The zero-order valence-corrected chi connectivity index (χ0v) is 12.7. The molecule has 1 saturated carbocycles. The number of nitrogens with zero attached hydrogens (tertiary/aromatic N) is 1. The van der Waals surface area contributed by atoms with Crippen LogP contribution in [-0.4, -0.2) is 17.3 Å². The van der Waals surface area contributed by atoms with Crippen molar-refractivity contribution in [2.75, 3.05) is 6.54 Å². The molecular formula is C16H21FN2S. The second-order valence-electron chi connectivity index (χ2n) is 5.41. The Bertz CT molecular complexity index is 486. The Labute approximate surface area is 124 Å². The lowest BCUT2D eigenvalue weighted by Crippen LogP contribution is -2.48. The fourth-order valence-electron chi connectivity index (χ4n) is 2.72. The highest BCUT2D eigenvalue weighted by molar-refractivity contribution is 8.00. The van der Waals surface area contributed by atoms with Crippen LogP contribution in [0.2, 0.25) is 0 Å². The number of nitrogens with one attached hydrogen (secondary N) is 1. The van der Waals surface area contributed by atoms with Crippen LogP contribution in [0.15, 0.2) is 29.2 Å². The SMILES string of the molecule is CCCNC1(C#N)CCCC(Sc2cccc(F)c2)C1. The molecule has 0 heterocycles. The van der Waals surface area contributed by atoms with Crippen molar-refractivity contribution in [2.24, 2.45) is 0 Å². The Morgan fingerprint density at radius 3 is 3.10 bits per heavy atom. The number of hydrogen-bond acceptors (Lipinski definition) is 3. The van der Waals surface area contributed by atoms with E-state index in [0.29, 0.717) is 5.25 Å². The Hall–Kier alpha value is -1.05. The number of halogens is 1. The van der Waals surface area contributed by atoms with Crippen molar-refractivity contribution in [3.63, 3.8) is 0 Å². The molecule has 0 aliphatic heterocycles. The maximum atomic E-state index is 13.2. The van der Waals surface area contributed by atoms with Gasteiger partial charge >= 0.3 is 0 Å². The number of thioether (sulfide) groups is 1. The molecule has 2 nitrogen and oxygen atoms in total. The first kappa shape index (κ1) is 15.3. The first-order chi connectivity index (χ1) is 9.67. The molecule has 0 aromatic heterocycles. The molecule has 2 rings (SSSR count). The summed E-state index contributed by atoms with van der Waals surface area (Å²) in [6.45, 7) is 2.99. The second kappa shape index (κ2) is 7.10. The number of hydrogen-bond donors (Lipinski definition) is 1. The van der Waals surface area contributed by atoms with Crippen LogP contribution in [0.4, 0.5) is 4.39 Å². The molecule has 20 heavy (non-hydrogen) atoms. The van der Waals surface area contributed by atoms with E-state index in [0.717, 1.165) is 43.5 Å². The normalized spacial score (nSPS) is 26.1. The summed E-state index contributed by atoms with van der Waals surface area (Å²) < 4.78 is 13.2. The van der Waals surface area contributed by atoms with Gasteiger partial charge in [-0.3, -0.25) is 5.32 Å². The lowest BCUT2D eigenvalue weighted by atomic mass is 9.82. The summed E-state index contributed by atoms with van der Waals surface area (Å²) >= 11 is 1.70. The van der Waals surface area contributed by atoms with Gasteiger partial charge in [0.1, 0.15) is 11.4 Å². The van der Waals surface area contributed by atoms with Gasteiger partial charge in [-0.15, -0.1) is 11.8 Å². The van der Waals surface area contributed by atoms with E-state index in [1.54, 1.807) is 23.9 Å². The predicted molar refractivity (Wildman–Crippen MR) is 81.2 cm³/mol. The maximum absolute atomic E-state index is 13.2. The molecular weight excluding hydrogens is 271 g/mol. The van der Waals surface area contributed by atoms with E-state index in [9.17, 15) is 9.65 Å². The van der Waals surface area contributed by atoms with Crippen molar-refractivity contribution in [3.05, 3.63) is 30.1 Å². The van der Waals surface area contributed by atoms with Crippen molar-refractivity contribution < 1.29 is 4.39 Å². The van der Waals surface area contributed by atoms with Crippen LogP contribution in [0.5, 0.6) is 0 Å². The summed E-state index contributed by atoms with van der Waals surface area (Å²) in [4.78, 5) is 0.958. The zero-order valence-electron chi connectivity index (χ0n) is 11.9. The topological polar surface area (TPSA) is 35.8 Å². The lowest BCUT2D eigenvalue weighted by molar-refractivity contribution is 0.305. The van der Waals surface area contributed by atoms with Crippen LogP contribution >= 0.6 is 11.8 Å². The van der Waals surface area contributed by atoms with Crippen molar-refractivity contribution in [3.8, 4) is 6.07 Å². The van der Waals surface area contributed by atoms with Gasteiger partial charge in [0.25, 0.3) is 0 Å². The van der Waals surface area contributed by atoms with Gasteiger partial charge in [0.2, 0.25) is 0 Å².